The summed E-state index contributed by atoms with van der Waals surface area (Å²) in [6.07, 6.45) is 3.85. The molecule has 1 aromatic rings. The molecule has 1 saturated heterocycles. The van der Waals surface area contributed by atoms with Crippen molar-refractivity contribution in [3.8, 4) is 0 Å². The van der Waals surface area contributed by atoms with E-state index >= 15 is 0 Å². The van der Waals surface area contributed by atoms with Crippen molar-refractivity contribution in [3.63, 3.8) is 0 Å². The minimum atomic E-state index is 0.0273. The van der Waals surface area contributed by atoms with Crippen LogP contribution in [0.4, 0.5) is 0 Å². The van der Waals surface area contributed by atoms with Gasteiger partial charge in [-0.1, -0.05) is 11.6 Å². The number of amides is 1. The standard InChI is InChI=1S/C13H18ClNO2S/c1-9(11-5-6-12(14)18-11)15-13(16)7-4-10-3-2-8-17-10/h5-6,9-10H,2-4,7-8H2,1H3,(H,15,16)/t9-,10-/m1/s1. The van der Waals surface area contributed by atoms with Gasteiger partial charge in [0.25, 0.3) is 0 Å². The highest BCUT2D eigenvalue weighted by molar-refractivity contribution is 7.16. The van der Waals surface area contributed by atoms with Gasteiger partial charge in [0, 0.05) is 17.9 Å². The van der Waals surface area contributed by atoms with Gasteiger partial charge in [0.1, 0.15) is 0 Å². The highest BCUT2D eigenvalue weighted by Crippen LogP contribution is 2.26. The molecule has 0 spiro atoms. The summed E-state index contributed by atoms with van der Waals surface area (Å²) in [6.45, 7) is 2.82. The summed E-state index contributed by atoms with van der Waals surface area (Å²) in [6, 6.07) is 3.84. The summed E-state index contributed by atoms with van der Waals surface area (Å²) in [5.74, 6) is 0.0857. The maximum absolute atomic E-state index is 11.8. The van der Waals surface area contributed by atoms with Gasteiger partial charge in [-0.05, 0) is 38.3 Å². The molecule has 1 fully saturated rings. The number of hydrogen-bond donors (Lipinski definition) is 1. The Hall–Kier alpha value is -0.580. The van der Waals surface area contributed by atoms with E-state index in [1.807, 2.05) is 19.1 Å². The zero-order chi connectivity index (χ0) is 13.0. The van der Waals surface area contributed by atoms with Crippen LogP contribution in [0.1, 0.15) is 43.5 Å². The average molecular weight is 288 g/mol. The summed E-state index contributed by atoms with van der Waals surface area (Å²) in [4.78, 5) is 12.9. The highest BCUT2D eigenvalue weighted by Gasteiger charge is 2.18. The molecule has 0 unspecified atom stereocenters. The molecule has 2 heterocycles. The third-order valence-corrected chi connectivity index (χ3v) is 4.53. The molecule has 0 aromatic carbocycles. The molecule has 100 valence electrons. The molecule has 1 aromatic heterocycles. The second-order valence-electron chi connectivity index (χ2n) is 4.60. The van der Waals surface area contributed by atoms with E-state index in [9.17, 15) is 4.79 Å². The Bertz CT molecular complexity index is 401. The molecular weight excluding hydrogens is 270 g/mol. The number of nitrogens with one attached hydrogen (secondary N) is 1. The van der Waals surface area contributed by atoms with E-state index in [0.29, 0.717) is 6.42 Å². The van der Waals surface area contributed by atoms with E-state index in [1.165, 1.54) is 11.3 Å². The number of thiophene rings is 1. The van der Waals surface area contributed by atoms with E-state index < -0.39 is 0 Å². The van der Waals surface area contributed by atoms with Crippen LogP contribution in [0, 0.1) is 0 Å². The van der Waals surface area contributed by atoms with Gasteiger partial charge in [-0.25, -0.2) is 0 Å². The first-order valence-electron chi connectivity index (χ1n) is 6.31. The van der Waals surface area contributed by atoms with Crippen molar-refractivity contribution in [2.24, 2.45) is 0 Å². The summed E-state index contributed by atoms with van der Waals surface area (Å²) in [7, 11) is 0. The fraction of sp³-hybridized carbons (Fsp3) is 0.615. The Kier molecular flexibility index (Phi) is 5.03. The molecule has 0 saturated carbocycles. The molecule has 2 rings (SSSR count). The quantitative estimate of drug-likeness (QED) is 0.899. The van der Waals surface area contributed by atoms with E-state index in [4.69, 9.17) is 16.3 Å². The summed E-state index contributed by atoms with van der Waals surface area (Å²) in [5.41, 5.74) is 0. The van der Waals surface area contributed by atoms with Crippen molar-refractivity contribution in [2.45, 2.75) is 44.8 Å². The number of carbonyl (C=O) groups is 1. The zero-order valence-electron chi connectivity index (χ0n) is 10.4. The molecule has 2 atom stereocenters. The van der Waals surface area contributed by atoms with Crippen molar-refractivity contribution in [1.29, 1.82) is 0 Å². The molecule has 1 aliphatic heterocycles. The number of hydrogen-bond acceptors (Lipinski definition) is 3. The van der Waals surface area contributed by atoms with Crippen molar-refractivity contribution in [3.05, 3.63) is 21.3 Å². The van der Waals surface area contributed by atoms with Crippen molar-refractivity contribution in [1.82, 2.24) is 5.32 Å². The van der Waals surface area contributed by atoms with Gasteiger partial charge in [-0.15, -0.1) is 11.3 Å². The minimum absolute atomic E-state index is 0.0273. The van der Waals surface area contributed by atoms with Crippen molar-refractivity contribution < 1.29 is 9.53 Å². The summed E-state index contributed by atoms with van der Waals surface area (Å²) < 4.78 is 6.26. The Morgan fingerprint density at radius 2 is 2.50 bits per heavy atom. The van der Waals surface area contributed by atoms with Crippen molar-refractivity contribution >= 4 is 28.8 Å². The number of rotatable bonds is 5. The zero-order valence-corrected chi connectivity index (χ0v) is 12.0. The van der Waals surface area contributed by atoms with Gasteiger partial charge in [0.05, 0.1) is 16.5 Å². The van der Waals surface area contributed by atoms with E-state index in [-0.39, 0.29) is 18.1 Å². The second kappa shape index (κ2) is 6.55. The van der Waals surface area contributed by atoms with Crippen LogP contribution < -0.4 is 5.32 Å². The highest BCUT2D eigenvalue weighted by atomic mass is 35.5. The molecule has 3 nitrogen and oxygen atoms in total. The van der Waals surface area contributed by atoms with Gasteiger partial charge in [0.2, 0.25) is 5.91 Å². The van der Waals surface area contributed by atoms with E-state index in [0.717, 1.165) is 35.1 Å². The number of carbonyl (C=O) groups excluding carboxylic acids is 1. The Morgan fingerprint density at radius 1 is 1.67 bits per heavy atom. The molecular formula is C13H18ClNO2S. The fourth-order valence-corrected chi connectivity index (χ4v) is 3.17. The number of halogens is 1. The van der Waals surface area contributed by atoms with Crippen LogP contribution in [-0.2, 0) is 9.53 Å². The van der Waals surface area contributed by atoms with Crippen LogP contribution in [0.3, 0.4) is 0 Å². The molecule has 1 amide bonds. The predicted octanol–water partition coefficient (Wildman–Crippen LogP) is 3.54. The molecule has 0 radical (unpaired) electrons. The Labute approximate surface area is 116 Å². The predicted molar refractivity (Wildman–Crippen MR) is 74.1 cm³/mol. The van der Waals surface area contributed by atoms with Gasteiger partial charge in [0.15, 0.2) is 0 Å². The van der Waals surface area contributed by atoms with Gasteiger partial charge < -0.3 is 10.1 Å². The van der Waals surface area contributed by atoms with Gasteiger partial charge >= 0.3 is 0 Å². The monoisotopic (exact) mass is 287 g/mol. The molecule has 0 aliphatic carbocycles. The third kappa shape index (κ3) is 3.97. The van der Waals surface area contributed by atoms with Gasteiger partial charge in [-0.2, -0.15) is 0 Å². The Morgan fingerprint density at radius 3 is 3.11 bits per heavy atom. The van der Waals surface area contributed by atoms with Crippen LogP contribution >= 0.6 is 22.9 Å². The van der Waals surface area contributed by atoms with Crippen LogP contribution in [0.5, 0.6) is 0 Å². The van der Waals surface area contributed by atoms with Crippen LogP contribution in [0.2, 0.25) is 4.34 Å². The maximum Gasteiger partial charge on any atom is 0.220 e. The summed E-state index contributed by atoms with van der Waals surface area (Å²) in [5, 5.41) is 2.99. The largest absolute Gasteiger partial charge is 0.378 e. The topological polar surface area (TPSA) is 38.3 Å². The summed E-state index contributed by atoms with van der Waals surface area (Å²) >= 11 is 7.38. The first-order valence-corrected chi connectivity index (χ1v) is 7.51. The lowest BCUT2D eigenvalue weighted by atomic mass is 10.1. The normalized spacial score (nSPS) is 20.9. The lowest BCUT2D eigenvalue weighted by molar-refractivity contribution is -0.122. The first-order chi connectivity index (χ1) is 8.65. The smallest absolute Gasteiger partial charge is 0.220 e. The third-order valence-electron chi connectivity index (χ3n) is 3.12. The lowest BCUT2D eigenvalue weighted by Gasteiger charge is -2.13. The molecule has 1 N–H and O–H groups in total. The lowest BCUT2D eigenvalue weighted by Crippen LogP contribution is -2.26. The Balaban J connectivity index is 1.73. The van der Waals surface area contributed by atoms with Crippen LogP contribution in [0.15, 0.2) is 12.1 Å². The van der Waals surface area contributed by atoms with Crippen molar-refractivity contribution in [2.75, 3.05) is 6.61 Å². The van der Waals surface area contributed by atoms with Gasteiger partial charge in [-0.3, -0.25) is 4.79 Å². The average Bonchev–Trinajstić information content (AvgIpc) is 2.97. The molecule has 5 heteroatoms. The van der Waals surface area contributed by atoms with Crippen LogP contribution in [-0.4, -0.2) is 18.6 Å². The SMILES string of the molecule is C[C@@H](NC(=O)CC[C@H]1CCCO1)c1ccc(Cl)s1. The molecule has 1 aliphatic rings. The maximum atomic E-state index is 11.8. The van der Waals surface area contributed by atoms with Crippen LogP contribution in [0.25, 0.3) is 0 Å². The fourth-order valence-electron chi connectivity index (χ4n) is 2.11. The van der Waals surface area contributed by atoms with E-state index in [1.54, 1.807) is 0 Å². The minimum Gasteiger partial charge on any atom is -0.378 e. The van der Waals surface area contributed by atoms with E-state index in [2.05, 4.69) is 5.32 Å². The number of ether oxygens (including phenoxy) is 1. The second-order valence-corrected chi connectivity index (χ2v) is 6.35. The molecule has 0 bridgehead atoms. The first kappa shape index (κ1) is 13.8. The molecule has 18 heavy (non-hydrogen) atoms.